The first-order valence-electron chi connectivity index (χ1n) is 12.5. The first kappa shape index (κ1) is 29.5. The lowest BCUT2D eigenvalue weighted by Crippen LogP contribution is -2.26. The lowest BCUT2D eigenvalue weighted by Gasteiger charge is -2.24. The molecule has 0 atom stereocenters. The summed E-state index contributed by atoms with van der Waals surface area (Å²) in [5, 5.41) is 11.1. The van der Waals surface area contributed by atoms with E-state index in [0.717, 1.165) is 46.6 Å². The van der Waals surface area contributed by atoms with Crippen molar-refractivity contribution < 1.29 is 4.39 Å². The van der Waals surface area contributed by atoms with Crippen LogP contribution in [0.1, 0.15) is 45.7 Å². The van der Waals surface area contributed by atoms with Gasteiger partial charge in [-0.15, -0.1) is 11.8 Å². The van der Waals surface area contributed by atoms with Crippen molar-refractivity contribution in [3.05, 3.63) is 69.0 Å². The highest BCUT2D eigenvalue weighted by Crippen LogP contribution is 2.45. The van der Waals surface area contributed by atoms with E-state index in [1.165, 1.54) is 23.4 Å². The zero-order valence-electron chi connectivity index (χ0n) is 23.1. The summed E-state index contributed by atoms with van der Waals surface area (Å²) in [7, 11) is 3.49. The number of anilines is 2. The van der Waals surface area contributed by atoms with Crippen LogP contribution in [0.3, 0.4) is 0 Å². The van der Waals surface area contributed by atoms with Gasteiger partial charge in [0.1, 0.15) is 17.5 Å². The number of hydrogen-bond donors (Lipinski definition) is 3. The van der Waals surface area contributed by atoms with E-state index in [4.69, 9.17) is 22.3 Å². The Bertz CT molecular complexity index is 1300. The Kier molecular flexibility index (Phi) is 10.2. The van der Waals surface area contributed by atoms with E-state index in [1.54, 1.807) is 37.5 Å². The van der Waals surface area contributed by atoms with Gasteiger partial charge < -0.3 is 16.0 Å². The Hall–Kier alpha value is -3.04. The highest BCUT2D eigenvalue weighted by Gasteiger charge is 2.33. The number of rotatable bonds is 10. The quantitative estimate of drug-likeness (QED) is 0.125. The summed E-state index contributed by atoms with van der Waals surface area (Å²) < 4.78 is 15.1. The SMILES string of the molecule is CC/C(C)=C(C(\C=NC)=C\N)/C(=C(\N=C(/C)N(C)c1c(F)cc(SC)cc1Cl)Nc1cc(C)[nH]n1)C1CC1. The van der Waals surface area contributed by atoms with Crippen LogP contribution in [-0.4, -0.2) is 42.6 Å². The van der Waals surface area contributed by atoms with Crippen molar-refractivity contribution in [1.82, 2.24) is 10.2 Å². The molecule has 1 aromatic heterocycles. The van der Waals surface area contributed by atoms with Gasteiger partial charge in [0.15, 0.2) is 5.82 Å². The van der Waals surface area contributed by atoms with E-state index in [1.807, 2.05) is 26.2 Å². The molecule has 0 bridgehead atoms. The van der Waals surface area contributed by atoms with Gasteiger partial charge >= 0.3 is 0 Å². The lowest BCUT2D eigenvalue weighted by molar-refractivity contribution is 0.625. The maximum absolute atomic E-state index is 15.1. The molecule has 38 heavy (non-hydrogen) atoms. The summed E-state index contributed by atoms with van der Waals surface area (Å²) in [6, 6.07) is 5.17. The van der Waals surface area contributed by atoms with Gasteiger partial charge in [-0.2, -0.15) is 5.10 Å². The van der Waals surface area contributed by atoms with Gasteiger partial charge in [0, 0.05) is 54.3 Å². The van der Waals surface area contributed by atoms with Crippen LogP contribution in [0.2, 0.25) is 5.02 Å². The van der Waals surface area contributed by atoms with E-state index < -0.39 is 5.82 Å². The standard InChI is InChI=1S/C28H37ClFN7S/c1-8-16(2)25(20(14-31)15-32-5)26(19-9-10-19)28(34-24-11-17(3)35-36-24)33-18(4)37(6)27-22(29)12-21(38-7)13-23(27)30/h11-15,19H,8-10,31H2,1-7H3,(H2,34,35,36)/b20-14+,25-16+,28-26+,32-15?,33-18+. The molecule has 4 N–H and O–H groups in total. The highest BCUT2D eigenvalue weighted by molar-refractivity contribution is 7.98. The molecule has 1 heterocycles. The van der Waals surface area contributed by atoms with E-state index in [2.05, 4.69) is 34.4 Å². The minimum Gasteiger partial charge on any atom is -0.404 e. The van der Waals surface area contributed by atoms with Crippen molar-refractivity contribution in [1.29, 1.82) is 0 Å². The second-order valence-electron chi connectivity index (χ2n) is 9.27. The Labute approximate surface area is 234 Å². The second kappa shape index (κ2) is 13.2. The molecule has 1 aliphatic rings. The third kappa shape index (κ3) is 6.88. The number of hydrogen-bond acceptors (Lipinski definition) is 6. The van der Waals surface area contributed by atoms with Crippen LogP contribution in [0, 0.1) is 18.7 Å². The topological polar surface area (TPSA) is 94.7 Å². The van der Waals surface area contributed by atoms with Gasteiger partial charge in [0.05, 0.1) is 10.7 Å². The summed E-state index contributed by atoms with van der Waals surface area (Å²) in [6.07, 6.45) is 8.15. The third-order valence-electron chi connectivity index (χ3n) is 6.48. The number of halogens is 2. The number of amidine groups is 1. The largest absolute Gasteiger partial charge is 0.404 e. The van der Waals surface area contributed by atoms with Gasteiger partial charge in [0.25, 0.3) is 0 Å². The van der Waals surface area contributed by atoms with Crippen LogP contribution in [-0.2, 0) is 0 Å². The molecule has 1 aromatic carbocycles. The van der Waals surface area contributed by atoms with E-state index in [-0.39, 0.29) is 11.6 Å². The van der Waals surface area contributed by atoms with Crippen LogP contribution in [0.15, 0.2) is 67.4 Å². The van der Waals surface area contributed by atoms with Gasteiger partial charge in [-0.05, 0) is 69.9 Å². The van der Waals surface area contributed by atoms with Gasteiger partial charge in [0.2, 0.25) is 0 Å². The van der Waals surface area contributed by atoms with Crippen LogP contribution >= 0.6 is 23.4 Å². The zero-order valence-corrected chi connectivity index (χ0v) is 24.7. The molecule has 0 unspecified atom stereocenters. The Morgan fingerprint density at radius 3 is 2.55 bits per heavy atom. The number of nitrogens with two attached hydrogens (primary N) is 1. The van der Waals surface area contributed by atoms with Crippen molar-refractivity contribution in [3.8, 4) is 0 Å². The zero-order chi connectivity index (χ0) is 28.0. The molecule has 10 heteroatoms. The van der Waals surface area contributed by atoms with Crippen LogP contribution in [0.25, 0.3) is 0 Å². The molecular formula is C28H37ClFN7S. The number of aromatic amines is 1. The molecule has 0 radical (unpaired) electrons. The summed E-state index contributed by atoms with van der Waals surface area (Å²) in [5.74, 6) is 1.72. The number of H-pyrrole nitrogens is 1. The first-order valence-corrected chi connectivity index (χ1v) is 14.1. The average molecular weight is 558 g/mol. The smallest absolute Gasteiger partial charge is 0.153 e. The molecule has 1 aliphatic carbocycles. The van der Waals surface area contributed by atoms with E-state index >= 15 is 4.39 Å². The van der Waals surface area contributed by atoms with Crippen molar-refractivity contribution >= 4 is 46.9 Å². The van der Waals surface area contributed by atoms with Crippen LogP contribution in [0.4, 0.5) is 15.9 Å². The molecule has 1 saturated carbocycles. The predicted octanol–water partition coefficient (Wildman–Crippen LogP) is 7.09. The molecule has 2 aromatic rings. The molecule has 0 saturated heterocycles. The molecular weight excluding hydrogens is 521 g/mol. The molecule has 0 spiro atoms. The number of thioether (sulfide) groups is 1. The second-order valence-corrected chi connectivity index (χ2v) is 10.6. The van der Waals surface area contributed by atoms with Crippen molar-refractivity contribution in [2.24, 2.45) is 21.6 Å². The van der Waals surface area contributed by atoms with Crippen molar-refractivity contribution in [3.63, 3.8) is 0 Å². The fourth-order valence-electron chi connectivity index (χ4n) is 4.16. The maximum Gasteiger partial charge on any atom is 0.153 e. The number of nitrogens with one attached hydrogen (secondary N) is 2. The first-order chi connectivity index (χ1) is 18.1. The number of benzene rings is 1. The lowest BCUT2D eigenvalue weighted by atomic mass is 9.89. The minimum absolute atomic E-state index is 0.273. The Balaban J connectivity index is 2.25. The number of aliphatic imine (C=N–C) groups is 2. The molecule has 0 aliphatic heterocycles. The minimum atomic E-state index is -0.405. The van der Waals surface area contributed by atoms with Crippen LogP contribution < -0.4 is 16.0 Å². The average Bonchev–Trinajstić information content (AvgIpc) is 3.64. The highest BCUT2D eigenvalue weighted by atomic mass is 35.5. The molecule has 1 fully saturated rings. The molecule has 0 amide bonds. The van der Waals surface area contributed by atoms with Gasteiger partial charge in [-0.1, -0.05) is 24.1 Å². The summed E-state index contributed by atoms with van der Waals surface area (Å²) >= 11 is 7.95. The maximum atomic E-state index is 15.1. The van der Waals surface area contributed by atoms with E-state index in [0.29, 0.717) is 22.5 Å². The van der Waals surface area contributed by atoms with Crippen molar-refractivity contribution in [2.75, 3.05) is 30.6 Å². The van der Waals surface area contributed by atoms with Crippen LogP contribution in [0.5, 0.6) is 0 Å². The fourth-order valence-corrected chi connectivity index (χ4v) is 5.02. The number of nitrogens with zero attached hydrogens (tertiary/aromatic N) is 4. The summed E-state index contributed by atoms with van der Waals surface area (Å²) in [4.78, 5) is 11.7. The van der Waals surface area contributed by atoms with Gasteiger partial charge in [-0.3, -0.25) is 10.1 Å². The fraction of sp³-hybridized carbons (Fsp3) is 0.393. The molecule has 204 valence electrons. The monoisotopic (exact) mass is 557 g/mol. The number of aryl methyl sites for hydroxylation is 1. The Morgan fingerprint density at radius 1 is 1.34 bits per heavy atom. The number of allylic oxidation sites excluding steroid dienone is 4. The van der Waals surface area contributed by atoms with Gasteiger partial charge in [-0.25, -0.2) is 9.38 Å². The normalized spacial score (nSPS) is 16.0. The predicted molar refractivity (Wildman–Crippen MR) is 161 cm³/mol. The summed E-state index contributed by atoms with van der Waals surface area (Å²) in [5.41, 5.74) is 11.3. The Morgan fingerprint density at radius 2 is 2.05 bits per heavy atom. The number of aromatic nitrogens is 2. The molecule has 7 nitrogen and oxygen atoms in total. The van der Waals surface area contributed by atoms with Crippen molar-refractivity contribution in [2.45, 2.75) is 51.9 Å². The van der Waals surface area contributed by atoms with E-state index in [9.17, 15) is 0 Å². The molecule has 3 rings (SSSR count). The summed E-state index contributed by atoms with van der Waals surface area (Å²) in [6.45, 7) is 8.00. The third-order valence-corrected chi connectivity index (χ3v) is 7.47.